The Hall–Kier alpha value is -1.15. The maximum atomic E-state index is 9.27. The third-order valence-electron chi connectivity index (χ3n) is 1.46. The van der Waals surface area contributed by atoms with Crippen LogP contribution >= 0.6 is 0 Å². The number of nitrogens with zero attached hydrogens (tertiary/aromatic N) is 1. The van der Waals surface area contributed by atoms with E-state index in [4.69, 9.17) is 0 Å². The molecule has 2 heteroatoms. The van der Waals surface area contributed by atoms with E-state index in [0.717, 1.165) is 5.56 Å². The van der Waals surface area contributed by atoms with E-state index in [1.54, 1.807) is 6.20 Å². The Morgan fingerprint density at radius 3 is 3.00 bits per heavy atom. The molecule has 0 fully saturated rings. The molecule has 2 nitrogen and oxygen atoms in total. The fourth-order valence-electron chi connectivity index (χ4n) is 0.842. The summed E-state index contributed by atoms with van der Waals surface area (Å²) >= 11 is 0. The van der Waals surface area contributed by atoms with Crippen LogP contribution in [0, 0.1) is 6.92 Å². The van der Waals surface area contributed by atoms with E-state index in [0.29, 0.717) is 5.69 Å². The molecule has 1 aromatic heterocycles. The van der Waals surface area contributed by atoms with Crippen molar-refractivity contribution in [2.24, 2.45) is 0 Å². The normalized spacial score (nSPS) is 12.5. The number of aryl methyl sites for hydroxylation is 1. The lowest BCUT2D eigenvalue weighted by molar-refractivity contribution is 0.224. The lowest BCUT2D eigenvalue weighted by atomic mass is 10.2. The molecule has 11 heavy (non-hydrogen) atoms. The monoisotopic (exact) mass is 149 g/mol. The standard InChI is InChI=1S/C9H11NO/c1-3-9(11)8-6-7(2)4-5-10-8/h3-6,9,11H,1H2,2H3. The van der Waals surface area contributed by atoms with Gasteiger partial charge in [-0.2, -0.15) is 0 Å². The van der Waals surface area contributed by atoms with E-state index in [-0.39, 0.29) is 0 Å². The molecular weight excluding hydrogens is 138 g/mol. The molecule has 1 heterocycles. The van der Waals surface area contributed by atoms with Crippen molar-refractivity contribution in [1.29, 1.82) is 0 Å². The topological polar surface area (TPSA) is 33.1 Å². The van der Waals surface area contributed by atoms with Gasteiger partial charge < -0.3 is 5.11 Å². The second kappa shape index (κ2) is 3.30. The van der Waals surface area contributed by atoms with Crippen molar-refractivity contribution >= 4 is 0 Å². The lowest BCUT2D eigenvalue weighted by Gasteiger charge is -2.03. The highest BCUT2D eigenvalue weighted by atomic mass is 16.3. The fraction of sp³-hybridized carbons (Fsp3) is 0.222. The van der Waals surface area contributed by atoms with Crippen molar-refractivity contribution in [1.82, 2.24) is 4.98 Å². The van der Waals surface area contributed by atoms with E-state index in [2.05, 4.69) is 11.6 Å². The van der Waals surface area contributed by atoms with Crippen LogP contribution in [0.4, 0.5) is 0 Å². The highest BCUT2D eigenvalue weighted by Crippen LogP contribution is 2.10. The van der Waals surface area contributed by atoms with Crippen LogP contribution in [0.1, 0.15) is 17.4 Å². The first-order valence-corrected chi connectivity index (χ1v) is 3.47. The Morgan fingerprint density at radius 2 is 2.45 bits per heavy atom. The number of hydrogen-bond donors (Lipinski definition) is 1. The van der Waals surface area contributed by atoms with Gasteiger partial charge in [0, 0.05) is 6.20 Å². The molecule has 1 N–H and O–H groups in total. The van der Waals surface area contributed by atoms with E-state index in [9.17, 15) is 5.11 Å². The summed E-state index contributed by atoms with van der Waals surface area (Å²) in [5, 5.41) is 9.27. The molecule has 1 rings (SSSR count). The molecule has 0 saturated carbocycles. The van der Waals surface area contributed by atoms with Gasteiger partial charge in [0.2, 0.25) is 0 Å². The molecule has 58 valence electrons. The Balaban J connectivity index is 2.95. The molecule has 0 bridgehead atoms. The van der Waals surface area contributed by atoms with Gasteiger partial charge in [-0.3, -0.25) is 4.98 Å². The largest absolute Gasteiger partial charge is 0.383 e. The minimum atomic E-state index is -0.644. The summed E-state index contributed by atoms with van der Waals surface area (Å²) < 4.78 is 0. The maximum absolute atomic E-state index is 9.27. The molecule has 0 saturated heterocycles. The predicted molar refractivity (Wildman–Crippen MR) is 44.1 cm³/mol. The van der Waals surface area contributed by atoms with Crippen LogP contribution in [0.5, 0.6) is 0 Å². The number of rotatable bonds is 2. The highest BCUT2D eigenvalue weighted by Gasteiger charge is 2.02. The van der Waals surface area contributed by atoms with E-state index in [1.807, 2.05) is 19.1 Å². The molecule has 0 aliphatic heterocycles. The first-order valence-electron chi connectivity index (χ1n) is 3.47. The molecule has 0 amide bonds. The second-order valence-electron chi connectivity index (χ2n) is 2.44. The van der Waals surface area contributed by atoms with Gasteiger partial charge >= 0.3 is 0 Å². The smallest absolute Gasteiger partial charge is 0.114 e. The van der Waals surface area contributed by atoms with Crippen LogP contribution in [0.2, 0.25) is 0 Å². The highest BCUT2D eigenvalue weighted by molar-refractivity contribution is 5.18. The first-order chi connectivity index (χ1) is 5.24. The number of aromatic nitrogens is 1. The van der Waals surface area contributed by atoms with Crippen LogP contribution in [-0.2, 0) is 0 Å². The third kappa shape index (κ3) is 1.88. The Labute approximate surface area is 66.2 Å². The molecule has 0 aliphatic rings. The van der Waals surface area contributed by atoms with E-state index >= 15 is 0 Å². The quantitative estimate of drug-likeness (QED) is 0.648. The summed E-state index contributed by atoms with van der Waals surface area (Å²) in [4.78, 5) is 3.99. The van der Waals surface area contributed by atoms with Gasteiger partial charge in [0.15, 0.2) is 0 Å². The average molecular weight is 149 g/mol. The Kier molecular flexibility index (Phi) is 2.39. The van der Waals surface area contributed by atoms with Crippen molar-refractivity contribution in [3.63, 3.8) is 0 Å². The molecule has 0 aliphatic carbocycles. The summed E-state index contributed by atoms with van der Waals surface area (Å²) in [7, 11) is 0. The van der Waals surface area contributed by atoms with Crippen molar-refractivity contribution < 1.29 is 5.11 Å². The fourth-order valence-corrected chi connectivity index (χ4v) is 0.842. The Bertz CT molecular complexity index is 257. The van der Waals surface area contributed by atoms with Crippen molar-refractivity contribution in [3.8, 4) is 0 Å². The maximum Gasteiger partial charge on any atom is 0.114 e. The van der Waals surface area contributed by atoms with Crippen LogP contribution in [0.15, 0.2) is 31.0 Å². The molecule has 1 atom stereocenters. The minimum absolute atomic E-state index is 0.644. The first kappa shape index (κ1) is 7.95. The SMILES string of the molecule is C=CC(O)c1cc(C)ccn1. The van der Waals surface area contributed by atoms with Crippen molar-refractivity contribution in [2.75, 3.05) is 0 Å². The van der Waals surface area contributed by atoms with Gasteiger partial charge in [-0.25, -0.2) is 0 Å². The zero-order valence-corrected chi connectivity index (χ0v) is 6.49. The van der Waals surface area contributed by atoms with Crippen LogP contribution < -0.4 is 0 Å². The molecule has 1 aromatic rings. The predicted octanol–water partition coefficient (Wildman–Crippen LogP) is 1.61. The van der Waals surface area contributed by atoms with Crippen molar-refractivity contribution in [3.05, 3.63) is 42.2 Å². The second-order valence-corrected chi connectivity index (χ2v) is 2.44. The van der Waals surface area contributed by atoms with Crippen LogP contribution in [0.25, 0.3) is 0 Å². The molecule has 0 spiro atoms. The molecule has 1 unspecified atom stereocenters. The lowest BCUT2D eigenvalue weighted by Crippen LogP contribution is -1.95. The minimum Gasteiger partial charge on any atom is -0.383 e. The van der Waals surface area contributed by atoms with Gasteiger partial charge in [0.25, 0.3) is 0 Å². The number of hydrogen-bond acceptors (Lipinski definition) is 2. The van der Waals surface area contributed by atoms with Crippen LogP contribution in [-0.4, -0.2) is 10.1 Å². The summed E-state index contributed by atoms with van der Waals surface area (Å²) in [6.07, 6.45) is 2.49. The van der Waals surface area contributed by atoms with Gasteiger partial charge in [-0.05, 0) is 24.6 Å². The van der Waals surface area contributed by atoms with Gasteiger partial charge in [-0.15, -0.1) is 6.58 Å². The van der Waals surface area contributed by atoms with Gasteiger partial charge in [-0.1, -0.05) is 6.08 Å². The zero-order chi connectivity index (χ0) is 8.27. The van der Waals surface area contributed by atoms with Crippen molar-refractivity contribution in [2.45, 2.75) is 13.0 Å². The van der Waals surface area contributed by atoms with E-state index in [1.165, 1.54) is 6.08 Å². The molecule has 0 radical (unpaired) electrons. The number of aliphatic hydroxyl groups excluding tert-OH is 1. The van der Waals surface area contributed by atoms with Gasteiger partial charge in [0.1, 0.15) is 6.10 Å². The molecular formula is C9H11NO. The summed E-state index contributed by atoms with van der Waals surface area (Å²) in [6.45, 7) is 5.44. The van der Waals surface area contributed by atoms with E-state index < -0.39 is 6.10 Å². The number of aliphatic hydroxyl groups is 1. The third-order valence-corrected chi connectivity index (χ3v) is 1.46. The van der Waals surface area contributed by atoms with Gasteiger partial charge in [0.05, 0.1) is 5.69 Å². The summed E-state index contributed by atoms with van der Waals surface area (Å²) in [5.74, 6) is 0. The average Bonchev–Trinajstić information content (AvgIpc) is 2.03. The summed E-state index contributed by atoms with van der Waals surface area (Å²) in [6, 6.07) is 3.73. The van der Waals surface area contributed by atoms with Crippen LogP contribution in [0.3, 0.4) is 0 Å². The Morgan fingerprint density at radius 1 is 1.73 bits per heavy atom. The zero-order valence-electron chi connectivity index (χ0n) is 6.49. The molecule has 0 aromatic carbocycles. The summed E-state index contributed by atoms with van der Waals surface area (Å²) in [5.41, 5.74) is 1.75. The number of pyridine rings is 1.